The van der Waals surface area contributed by atoms with Gasteiger partial charge < -0.3 is 10.2 Å². The van der Waals surface area contributed by atoms with Crippen molar-refractivity contribution in [2.45, 2.75) is 65.7 Å². The Kier molecular flexibility index (Phi) is 4.46. The Hall–Kier alpha value is -0.340. The fourth-order valence-electron chi connectivity index (χ4n) is 6.49. The van der Waals surface area contributed by atoms with Crippen molar-refractivity contribution in [3.05, 3.63) is 11.6 Å². The van der Waals surface area contributed by atoms with Gasteiger partial charge in [0.05, 0.1) is 0 Å². The van der Waals surface area contributed by atoms with Gasteiger partial charge in [0.15, 0.2) is 0 Å². The Morgan fingerprint density at radius 3 is 2.77 bits per heavy atom. The molecule has 2 heteroatoms. The third kappa shape index (κ3) is 2.29. The minimum Gasteiger partial charge on any atom is -0.396 e. The number of rotatable bonds is 6. The topological polar surface area (TPSA) is 40.5 Å². The molecule has 0 heterocycles. The Morgan fingerprint density at radius 1 is 1.32 bits per heavy atom. The maximum atomic E-state index is 9.89. The van der Waals surface area contributed by atoms with E-state index in [0.717, 1.165) is 18.3 Å². The van der Waals surface area contributed by atoms with Crippen molar-refractivity contribution in [2.24, 2.45) is 34.5 Å². The molecule has 0 aromatic rings. The number of aliphatic hydroxyl groups excluding tert-OH is 2. The summed E-state index contributed by atoms with van der Waals surface area (Å²) >= 11 is 0. The summed E-state index contributed by atoms with van der Waals surface area (Å²) in [6, 6.07) is 0. The molecule has 0 amide bonds. The van der Waals surface area contributed by atoms with Crippen LogP contribution < -0.4 is 0 Å². The van der Waals surface area contributed by atoms with Gasteiger partial charge in [-0.1, -0.05) is 31.9 Å². The lowest BCUT2D eigenvalue weighted by molar-refractivity contribution is 0.0694. The average Bonchev–Trinajstić information content (AvgIpc) is 2.96. The molecule has 0 saturated heterocycles. The van der Waals surface area contributed by atoms with E-state index in [2.05, 4.69) is 26.8 Å². The van der Waals surface area contributed by atoms with Crippen molar-refractivity contribution >= 4 is 0 Å². The van der Waals surface area contributed by atoms with Crippen LogP contribution in [0.4, 0.5) is 0 Å². The third-order valence-electron chi connectivity index (χ3n) is 7.79. The van der Waals surface area contributed by atoms with E-state index in [0.29, 0.717) is 35.9 Å². The quantitative estimate of drug-likeness (QED) is 0.723. The lowest BCUT2D eigenvalue weighted by atomic mass is 9.66. The van der Waals surface area contributed by atoms with Crippen LogP contribution in [0.1, 0.15) is 65.7 Å². The summed E-state index contributed by atoms with van der Waals surface area (Å²) in [5, 5.41) is 19.2. The maximum absolute atomic E-state index is 9.89. The number of hydrogen-bond donors (Lipinski definition) is 2. The monoisotopic (exact) mass is 306 g/mol. The summed E-state index contributed by atoms with van der Waals surface area (Å²) in [7, 11) is 0. The summed E-state index contributed by atoms with van der Waals surface area (Å²) in [6.45, 7) is 7.73. The van der Waals surface area contributed by atoms with Crippen LogP contribution in [-0.2, 0) is 0 Å². The highest BCUT2D eigenvalue weighted by Gasteiger charge is 2.65. The van der Waals surface area contributed by atoms with Crippen LogP contribution in [0.15, 0.2) is 11.6 Å². The van der Waals surface area contributed by atoms with Crippen LogP contribution in [0, 0.1) is 34.5 Å². The highest BCUT2D eigenvalue weighted by Crippen LogP contribution is 2.72. The van der Waals surface area contributed by atoms with Crippen LogP contribution in [0.25, 0.3) is 0 Å². The van der Waals surface area contributed by atoms with Gasteiger partial charge >= 0.3 is 0 Å². The van der Waals surface area contributed by atoms with Crippen molar-refractivity contribution in [2.75, 3.05) is 13.2 Å². The van der Waals surface area contributed by atoms with Crippen LogP contribution >= 0.6 is 0 Å². The molecule has 22 heavy (non-hydrogen) atoms. The zero-order valence-electron chi connectivity index (χ0n) is 14.6. The summed E-state index contributed by atoms with van der Waals surface area (Å²) in [5.41, 5.74) is 2.42. The van der Waals surface area contributed by atoms with Gasteiger partial charge in [0.25, 0.3) is 0 Å². The molecule has 2 nitrogen and oxygen atoms in total. The Labute approximate surface area is 136 Å². The Morgan fingerprint density at radius 2 is 2.09 bits per heavy atom. The minimum absolute atomic E-state index is 0.318. The summed E-state index contributed by atoms with van der Waals surface area (Å²) < 4.78 is 0. The van der Waals surface area contributed by atoms with E-state index in [1.807, 2.05) is 0 Å². The summed E-state index contributed by atoms with van der Waals surface area (Å²) in [5.74, 6) is 2.48. The molecule has 3 rings (SSSR count). The van der Waals surface area contributed by atoms with Crippen molar-refractivity contribution < 1.29 is 10.2 Å². The molecule has 3 aliphatic rings. The van der Waals surface area contributed by atoms with Gasteiger partial charge in [0, 0.05) is 13.2 Å². The molecule has 6 atom stereocenters. The van der Waals surface area contributed by atoms with Crippen molar-refractivity contribution in [3.63, 3.8) is 0 Å². The Bertz CT molecular complexity index is 443. The highest BCUT2D eigenvalue weighted by atomic mass is 16.3. The number of hydrogen-bond acceptors (Lipinski definition) is 2. The molecule has 0 aromatic carbocycles. The first-order valence-corrected chi connectivity index (χ1v) is 9.36. The van der Waals surface area contributed by atoms with Crippen molar-refractivity contribution in [1.29, 1.82) is 0 Å². The van der Waals surface area contributed by atoms with E-state index < -0.39 is 0 Å². The zero-order chi connectivity index (χ0) is 16.0. The Balaban J connectivity index is 1.80. The lowest BCUT2D eigenvalue weighted by Crippen LogP contribution is -2.34. The first kappa shape index (κ1) is 16.5. The lowest BCUT2D eigenvalue weighted by Gasteiger charge is -2.39. The van der Waals surface area contributed by atoms with E-state index in [9.17, 15) is 10.2 Å². The predicted molar refractivity (Wildman–Crippen MR) is 90.4 cm³/mol. The fraction of sp³-hybridized carbons (Fsp3) is 0.900. The second kappa shape index (κ2) is 5.94. The number of aliphatic hydroxyl groups is 2. The maximum Gasteiger partial charge on any atom is 0.0464 e. The van der Waals surface area contributed by atoms with Gasteiger partial charge in [0.2, 0.25) is 0 Å². The predicted octanol–water partition coefficient (Wildman–Crippen LogP) is 4.17. The normalized spacial score (nSPS) is 44.8. The first-order valence-electron chi connectivity index (χ1n) is 9.36. The molecule has 126 valence electrons. The molecule has 2 N–H and O–H groups in total. The van der Waals surface area contributed by atoms with Gasteiger partial charge in [-0.15, -0.1) is 0 Å². The van der Waals surface area contributed by atoms with Gasteiger partial charge in [-0.05, 0) is 80.0 Å². The van der Waals surface area contributed by atoms with Crippen LogP contribution in [0.2, 0.25) is 0 Å². The second-order valence-corrected chi connectivity index (χ2v) is 8.84. The summed E-state index contributed by atoms with van der Waals surface area (Å²) in [6.07, 6.45) is 11.2. The summed E-state index contributed by atoms with van der Waals surface area (Å²) in [4.78, 5) is 0. The SMILES string of the molecule is CC1=CC[C@@]23C[C@@H]1[C@](C)(CCC[C@H](C)CO)[C@@H]2CC[C@@H]3CO. The van der Waals surface area contributed by atoms with Crippen molar-refractivity contribution in [3.8, 4) is 0 Å². The molecule has 2 fully saturated rings. The molecule has 0 radical (unpaired) electrons. The molecule has 2 bridgehead atoms. The largest absolute Gasteiger partial charge is 0.396 e. The van der Waals surface area contributed by atoms with Gasteiger partial charge in [-0.3, -0.25) is 0 Å². The van der Waals surface area contributed by atoms with Crippen molar-refractivity contribution in [1.82, 2.24) is 0 Å². The van der Waals surface area contributed by atoms with E-state index in [-0.39, 0.29) is 0 Å². The van der Waals surface area contributed by atoms with E-state index >= 15 is 0 Å². The van der Waals surface area contributed by atoms with Gasteiger partial charge in [0.1, 0.15) is 0 Å². The molecular weight excluding hydrogens is 272 g/mol. The van der Waals surface area contributed by atoms with Gasteiger partial charge in [-0.2, -0.15) is 0 Å². The number of allylic oxidation sites excluding steroid dienone is 2. The van der Waals surface area contributed by atoms with Crippen LogP contribution in [-0.4, -0.2) is 23.4 Å². The van der Waals surface area contributed by atoms with E-state index in [1.54, 1.807) is 5.57 Å². The molecule has 0 aliphatic heterocycles. The molecular formula is C20H34O2. The standard InChI is InChI=1S/C20H34O2/c1-14(12-21)5-4-9-19(3)17-11-20(10-8-15(17)2)16(13-22)6-7-18(19)20/h8,14,16-18,21-22H,4-7,9-13H2,1-3H3/t14-,16+,17-,18-,19-,20-/m0/s1. The zero-order valence-corrected chi connectivity index (χ0v) is 14.6. The minimum atomic E-state index is 0.318. The first-order chi connectivity index (χ1) is 10.5. The molecule has 1 spiro atoms. The average molecular weight is 306 g/mol. The fourth-order valence-corrected chi connectivity index (χ4v) is 6.49. The smallest absolute Gasteiger partial charge is 0.0464 e. The molecule has 0 aromatic heterocycles. The van der Waals surface area contributed by atoms with Gasteiger partial charge in [-0.25, -0.2) is 0 Å². The third-order valence-corrected chi connectivity index (χ3v) is 7.79. The molecule has 3 aliphatic carbocycles. The van der Waals surface area contributed by atoms with Crippen LogP contribution in [0.3, 0.4) is 0 Å². The molecule has 0 unspecified atom stereocenters. The highest BCUT2D eigenvalue weighted by molar-refractivity contribution is 5.26. The van der Waals surface area contributed by atoms with E-state index in [4.69, 9.17) is 0 Å². The second-order valence-electron chi connectivity index (χ2n) is 8.84. The van der Waals surface area contributed by atoms with Crippen LogP contribution in [0.5, 0.6) is 0 Å². The van der Waals surface area contributed by atoms with E-state index in [1.165, 1.54) is 38.5 Å². The number of fused-ring (bicyclic) bond motifs is 1. The molecule has 2 saturated carbocycles.